The maximum atomic E-state index is 12.0. The van der Waals surface area contributed by atoms with Crippen LogP contribution < -0.4 is 21.1 Å². The van der Waals surface area contributed by atoms with Crippen LogP contribution in [0.25, 0.3) is 0 Å². The summed E-state index contributed by atoms with van der Waals surface area (Å²) >= 11 is 0. The van der Waals surface area contributed by atoms with Gasteiger partial charge in [-0.3, -0.25) is 19.1 Å². The Labute approximate surface area is 137 Å². The number of nitrogens with one attached hydrogen (secondary N) is 2. The van der Waals surface area contributed by atoms with E-state index in [9.17, 15) is 14.4 Å². The molecule has 1 heterocycles. The molecular formula is C15H17N5O4. The minimum Gasteiger partial charge on any atom is -0.479 e. The second-order valence-electron chi connectivity index (χ2n) is 4.90. The molecule has 0 aliphatic rings. The Morgan fingerprint density at radius 1 is 1.25 bits per heavy atom. The zero-order valence-electron chi connectivity index (χ0n) is 13.2. The van der Waals surface area contributed by atoms with Gasteiger partial charge in [-0.15, -0.1) is 5.10 Å². The van der Waals surface area contributed by atoms with Gasteiger partial charge in [0.05, 0.1) is 13.7 Å². The molecular weight excluding hydrogens is 314 g/mol. The summed E-state index contributed by atoms with van der Waals surface area (Å²) in [6.45, 7) is -0.228. The summed E-state index contributed by atoms with van der Waals surface area (Å²) in [6.07, 6.45) is 1.49. The van der Waals surface area contributed by atoms with E-state index in [-0.39, 0.29) is 18.0 Å². The molecule has 4 N–H and O–H groups in total. The first-order valence-corrected chi connectivity index (χ1v) is 6.96. The van der Waals surface area contributed by atoms with Crippen molar-refractivity contribution in [2.24, 2.45) is 12.8 Å². The van der Waals surface area contributed by atoms with E-state index in [1.165, 1.54) is 30.1 Å². The Hall–Kier alpha value is -3.36. The summed E-state index contributed by atoms with van der Waals surface area (Å²) in [5.74, 6) is -1.26. The molecule has 0 aliphatic carbocycles. The van der Waals surface area contributed by atoms with E-state index in [1.807, 2.05) is 0 Å². The molecule has 9 heteroatoms. The lowest BCUT2D eigenvalue weighted by Gasteiger charge is -2.07. The van der Waals surface area contributed by atoms with Crippen molar-refractivity contribution < 1.29 is 19.1 Å². The van der Waals surface area contributed by atoms with Crippen molar-refractivity contribution in [1.29, 1.82) is 0 Å². The molecule has 126 valence electrons. The van der Waals surface area contributed by atoms with Gasteiger partial charge in [0.25, 0.3) is 5.91 Å². The Kier molecular flexibility index (Phi) is 5.15. The van der Waals surface area contributed by atoms with E-state index in [4.69, 9.17) is 10.5 Å². The van der Waals surface area contributed by atoms with Gasteiger partial charge in [0.1, 0.15) is 5.56 Å². The Morgan fingerprint density at radius 2 is 1.92 bits per heavy atom. The molecule has 0 bridgehead atoms. The van der Waals surface area contributed by atoms with Crippen LogP contribution in [0.3, 0.4) is 0 Å². The summed E-state index contributed by atoms with van der Waals surface area (Å²) in [5, 5.41) is 9.03. The van der Waals surface area contributed by atoms with E-state index < -0.39 is 17.7 Å². The molecule has 1 aromatic heterocycles. The van der Waals surface area contributed by atoms with Gasteiger partial charge in [-0.1, -0.05) is 0 Å². The van der Waals surface area contributed by atoms with Crippen LogP contribution in [0.15, 0.2) is 30.5 Å². The van der Waals surface area contributed by atoms with Crippen molar-refractivity contribution in [2.45, 2.75) is 0 Å². The van der Waals surface area contributed by atoms with E-state index in [1.54, 1.807) is 19.2 Å². The first kappa shape index (κ1) is 17.0. The lowest BCUT2D eigenvalue weighted by atomic mass is 10.2. The molecule has 2 aromatic rings. The lowest BCUT2D eigenvalue weighted by molar-refractivity contribution is -0.115. The van der Waals surface area contributed by atoms with Gasteiger partial charge >= 0.3 is 0 Å². The fourth-order valence-electron chi connectivity index (χ4n) is 1.95. The predicted octanol–water partition coefficient (Wildman–Crippen LogP) is -0.104. The molecule has 0 fully saturated rings. The van der Waals surface area contributed by atoms with E-state index in [2.05, 4.69) is 15.7 Å². The summed E-state index contributed by atoms with van der Waals surface area (Å²) in [4.78, 5) is 34.9. The average Bonchev–Trinajstić information content (AvgIpc) is 2.94. The van der Waals surface area contributed by atoms with Gasteiger partial charge in [0.2, 0.25) is 17.7 Å². The largest absolute Gasteiger partial charge is 0.479 e. The minimum absolute atomic E-state index is 0.178. The number of carbonyl (C=O) groups excluding carboxylic acids is 3. The van der Waals surface area contributed by atoms with Crippen LogP contribution in [0, 0.1) is 0 Å². The molecule has 1 aromatic carbocycles. The zero-order chi connectivity index (χ0) is 17.7. The summed E-state index contributed by atoms with van der Waals surface area (Å²) < 4.78 is 6.43. The first-order chi connectivity index (χ1) is 11.4. The molecule has 9 nitrogen and oxygen atoms in total. The highest BCUT2D eigenvalue weighted by Gasteiger charge is 2.17. The van der Waals surface area contributed by atoms with Gasteiger partial charge in [0, 0.05) is 24.5 Å². The van der Waals surface area contributed by atoms with Gasteiger partial charge < -0.3 is 21.1 Å². The van der Waals surface area contributed by atoms with Crippen LogP contribution in [-0.2, 0) is 11.8 Å². The fraction of sp³-hybridized carbons (Fsp3) is 0.200. The number of methoxy groups -OCH3 is 1. The summed E-state index contributed by atoms with van der Waals surface area (Å²) in [7, 11) is 3.06. The van der Waals surface area contributed by atoms with Crippen LogP contribution in [-0.4, -0.2) is 41.2 Å². The topological polar surface area (TPSA) is 128 Å². The summed E-state index contributed by atoms with van der Waals surface area (Å²) in [6, 6.07) is 6.09. The smallest absolute Gasteiger partial charge is 0.258 e. The quantitative estimate of drug-likeness (QED) is 0.680. The van der Waals surface area contributed by atoms with Gasteiger partial charge in [-0.25, -0.2) is 0 Å². The minimum atomic E-state index is -0.550. The summed E-state index contributed by atoms with van der Waals surface area (Å²) in [5.41, 5.74) is 6.19. The number of nitrogens with two attached hydrogens (primary N) is 1. The Morgan fingerprint density at radius 3 is 2.50 bits per heavy atom. The molecule has 0 saturated carbocycles. The SMILES string of the molecule is COc1nn(C)cc1C(=O)NCC(=O)Nc1ccc(C(N)=O)cc1. The highest BCUT2D eigenvalue weighted by atomic mass is 16.5. The predicted molar refractivity (Wildman–Crippen MR) is 85.7 cm³/mol. The van der Waals surface area contributed by atoms with Gasteiger partial charge in [0.15, 0.2) is 0 Å². The number of amides is 3. The number of benzene rings is 1. The molecule has 0 unspecified atom stereocenters. The maximum Gasteiger partial charge on any atom is 0.258 e. The number of ether oxygens (including phenoxy) is 1. The van der Waals surface area contributed by atoms with Gasteiger partial charge in [-0.05, 0) is 24.3 Å². The first-order valence-electron chi connectivity index (χ1n) is 6.96. The Balaban J connectivity index is 1.90. The van der Waals surface area contributed by atoms with E-state index in [0.29, 0.717) is 11.3 Å². The zero-order valence-corrected chi connectivity index (χ0v) is 13.2. The molecule has 0 spiro atoms. The number of hydrogen-bond acceptors (Lipinski definition) is 5. The molecule has 24 heavy (non-hydrogen) atoms. The third-order valence-electron chi connectivity index (χ3n) is 3.10. The fourth-order valence-corrected chi connectivity index (χ4v) is 1.95. The third-order valence-corrected chi connectivity index (χ3v) is 3.10. The van der Waals surface area contributed by atoms with Crippen molar-refractivity contribution in [3.63, 3.8) is 0 Å². The molecule has 0 radical (unpaired) electrons. The van der Waals surface area contributed by atoms with Crippen LogP contribution in [0.2, 0.25) is 0 Å². The standard InChI is InChI=1S/C15H17N5O4/c1-20-8-11(15(19-20)24-2)14(23)17-7-12(21)18-10-5-3-9(4-6-10)13(16)22/h3-6,8H,7H2,1-2H3,(H2,16,22)(H,17,23)(H,18,21). The molecule has 2 rings (SSSR count). The van der Waals surface area contributed by atoms with Gasteiger partial charge in [-0.2, -0.15) is 0 Å². The van der Waals surface area contributed by atoms with Crippen LogP contribution in [0.4, 0.5) is 5.69 Å². The van der Waals surface area contributed by atoms with Crippen LogP contribution in [0.5, 0.6) is 5.88 Å². The van der Waals surface area contributed by atoms with Crippen molar-refractivity contribution in [2.75, 3.05) is 19.0 Å². The van der Waals surface area contributed by atoms with Crippen molar-refractivity contribution in [1.82, 2.24) is 15.1 Å². The number of primary amides is 1. The monoisotopic (exact) mass is 331 g/mol. The van der Waals surface area contributed by atoms with E-state index in [0.717, 1.165) is 0 Å². The second-order valence-corrected chi connectivity index (χ2v) is 4.90. The second kappa shape index (κ2) is 7.27. The van der Waals surface area contributed by atoms with Crippen molar-refractivity contribution >= 4 is 23.4 Å². The number of anilines is 1. The molecule has 0 saturated heterocycles. The number of rotatable bonds is 6. The number of carbonyl (C=O) groups is 3. The number of nitrogens with zero attached hydrogens (tertiary/aromatic N) is 2. The van der Waals surface area contributed by atoms with Crippen molar-refractivity contribution in [3.8, 4) is 5.88 Å². The molecule has 3 amide bonds. The normalized spacial score (nSPS) is 10.1. The van der Waals surface area contributed by atoms with Crippen molar-refractivity contribution in [3.05, 3.63) is 41.6 Å². The lowest BCUT2D eigenvalue weighted by Crippen LogP contribution is -2.32. The molecule has 0 aliphatic heterocycles. The van der Waals surface area contributed by atoms with Crippen LogP contribution in [0.1, 0.15) is 20.7 Å². The Bertz CT molecular complexity index is 767. The van der Waals surface area contributed by atoms with Crippen LogP contribution >= 0.6 is 0 Å². The number of hydrogen-bond donors (Lipinski definition) is 3. The average molecular weight is 331 g/mol. The number of aryl methyl sites for hydroxylation is 1. The number of aromatic nitrogens is 2. The highest BCUT2D eigenvalue weighted by molar-refractivity contribution is 6.00. The highest BCUT2D eigenvalue weighted by Crippen LogP contribution is 2.14. The molecule has 0 atom stereocenters. The maximum absolute atomic E-state index is 12.0. The van der Waals surface area contributed by atoms with E-state index >= 15 is 0 Å². The third kappa shape index (κ3) is 4.09.